The number of aromatic carboxylic acids is 1. The Morgan fingerprint density at radius 2 is 1.19 bits per heavy atom. The number of carboxylic acids is 1. The van der Waals surface area contributed by atoms with Crippen molar-refractivity contribution in [2.75, 3.05) is 0 Å². The Labute approximate surface area is 139 Å². The maximum atomic E-state index is 11.5. The van der Waals surface area contributed by atoms with Gasteiger partial charge in [0.15, 0.2) is 0 Å². The molecule has 21 heavy (non-hydrogen) atoms. The molecule has 0 aliphatic heterocycles. The summed E-state index contributed by atoms with van der Waals surface area (Å²) in [5.74, 6) is -1.05. The minimum absolute atomic E-state index is 0.134. The molecular formula is C15H6Cl4O2. The molecule has 0 heterocycles. The fourth-order valence-electron chi connectivity index (χ4n) is 2.32. The Morgan fingerprint density at radius 1 is 0.714 bits per heavy atom. The van der Waals surface area contributed by atoms with Crippen LogP contribution < -0.4 is 0 Å². The van der Waals surface area contributed by atoms with Gasteiger partial charge in [-0.2, -0.15) is 0 Å². The van der Waals surface area contributed by atoms with Crippen LogP contribution in [-0.4, -0.2) is 11.1 Å². The van der Waals surface area contributed by atoms with Gasteiger partial charge in [0, 0.05) is 0 Å². The van der Waals surface area contributed by atoms with Crippen LogP contribution >= 0.6 is 46.4 Å². The molecule has 0 unspecified atom stereocenters. The highest BCUT2D eigenvalue weighted by molar-refractivity contribution is 6.44. The van der Waals surface area contributed by atoms with E-state index in [2.05, 4.69) is 0 Å². The summed E-state index contributed by atoms with van der Waals surface area (Å²) in [6, 6.07) is 8.06. The second-order valence-corrected chi connectivity index (χ2v) is 6.16. The third kappa shape index (κ3) is 2.43. The zero-order valence-corrected chi connectivity index (χ0v) is 13.3. The molecule has 0 bridgehead atoms. The molecule has 0 radical (unpaired) electrons. The third-order valence-corrected chi connectivity index (χ3v) is 4.71. The van der Waals surface area contributed by atoms with Crippen LogP contribution in [-0.2, 0) is 0 Å². The van der Waals surface area contributed by atoms with E-state index in [0.29, 0.717) is 36.2 Å². The first kappa shape index (κ1) is 14.7. The molecule has 0 saturated heterocycles. The number of carbonyl (C=O) groups is 1. The van der Waals surface area contributed by atoms with Crippen molar-refractivity contribution in [1.82, 2.24) is 0 Å². The van der Waals surface area contributed by atoms with E-state index in [1.165, 1.54) is 0 Å². The summed E-state index contributed by atoms with van der Waals surface area (Å²) < 4.78 is 0. The first-order chi connectivity index (χ1) is 9.88. The molecule has 0 fully saturated rings. The Balaban J connectivity index is 2.60. The van der Waals surface area contributed by atoms with Crippen molar-refractivity contribution >= 4 is 73.9 Å². The van der Waals surface area contributed by atoms with E-state index in [1.54, 1.807) is 30.3 Å². The van der Waals surface area contributed by atoms with Crippen molar-refractivity contribution in [3.05, 3.63) is 56.0 Å². The lowest BCUT2D eigenvalue weighted by molar-refractivity contribution is 0.0699. The number of rotatable bonds is 1. The maximum absolute atomic E-state index is 11.5. The van der Waals surface area contributed by atoms with Crippen molar-refractivity contribution < 1.29 is 9.90 Å². The Bertz CT molecular complexity index is 919. The molecule has 106 valence electrons. The second kappa shape index (κ2) is 5.22. The van der Waals surface area contributed by atoms with Gasteiger partial charge in [-0.25, -0.2) is 4.79 Å². The summed E-state index contributed by atoms with van der Waals surface area (Å²) in [6.45, 7) is 0. The Hall–Kier alpha value is -1.19. The first-order valence-electron chi connectivity index (χ1n) is 5.82. The van der Waals surface area contributed by atoms with E-state index >= 15 is 0 Å². The van der Waals surface area contributed by atoms with E-state index in [1.807, 2.05) is 0 Å². The van der Waals surface area contributed by atoms with Gasteiger partial charge >= 0.3 is 5.97 Å². The molecule has 3 aromatic rings. The average molecular weight is 360 g/mol. The van der Waals surface area contributed by atoms with Crippen LogP contribution in [0.15, 0.2) is 30.3 Å². The van der Waals surface area contributed by atoms with E-state index in [0.717, 1.165) is 5.39 Å². The van der Waals surface area contributed by atoms with Gasteiger partial charge in [-0.1, -0.05) is 46.4 Å². The van der Waals surface area contributed by atoms with Crippen molar-refractivity contribution in [2.24, 2.45) is 0 Å². The SMILES string of the molecule is O=C(O)c1cc2cc(Cl)c(Cl)cc2c2cc(Cl)c(Cl)cc12. The molecule has 0 saturated carbocycles. The summed E-state index contributed by atoms with van der Waals surface area (Å²) in [7, 11) is 0. The van der Waals surface area contributed by atoms with E-state index < -0.39 is 5.97 Å². The predicted octanol–water partition coefficient (Wildman–Crippen LogP) is 6.30. The van der Waals surface area contributed by atoms with Crippen molar-refractivity contribution in [3.63, 3.8) is 0 Å². The van der Waals surface area contributed by atoms with Crippen LogP contribution in [0.1, 0.15) is 10.4 Å². The van der Waals surface area contributed by atoms with Gasteiger partial charge in [0.2, 0.25) is 0 Å². The summed E-state index contributed by atoms with van der Waals surface area (Å²) in [5.41, 5.74) is 0.134. The minimum Gasteiger partial charge on any atom is -0.478 e. The zero-order valence-electron chi connectivity index (χ0n) is 10.3. The summed E-state index contributed by atoms with van der Waals surface area (Å²) in [6.07, 6.45) is 0. The lowest BCUT2D eigenvalue weighted by Gasteiger charge is -2.10. The number of carboxylic acid groups (broad SMARTS) is 1. The molecule has 3 aromatic carbocycles. The molecule has 0 aliphatic rings. The zero-order chi connectivity index (χ0) is 15.3. The van der Waals surface area contributed by atoms with Gasteiger partial charge in [-0.05, 0) is 51.9 Å². The summed E-state index contributed by atoms with van der Waals surface area (Å²) in [5, 5.41) is 13.4. The van der Waals surface area contributed by atoms with Gasteiger partial charge in [-0.3, -0.25) is 0 Å². The van der Waals surface area contributed by atoms with Gasteiger partial charge in [0.1, 0.15) is 0 Å². The molecule has 6 heteroatoms. The Kier molecular flexibility index (Phi) is 3.66. The average Bonchev–Trinajstić information content (AvgIpc) is 2.41. The van der Waals surface area contributed by atoms with Gasteiger partial charge in [0.05, 0.1) is 25.7 Å². The minimum atomic E-state index is -1.05. The van der Waals surface area contributed by atoms with E-state index in [9.17, 15) is 9.90 Å². The molecule has 0 aliphatic carbocycles. The lowest BCUT2D eigenvalue weighted by atomic mass is 9.97. The lowest BCUT2D eigenvalue weighted by Crippen LogP contribution is -1.98. The quantitative estimate of drug-likeness (QED) is 0.517. The third-order valence-electron chi connectivity index (χ3n) is 3.26. The van der Waals surface area contributed by atoms with Crippen molar-refractivity contribution in [3.8, 4) is 0 Å². The Morgan fingerprint density at radius 3 is 1.76 bits per heavy atom. The molecule has 3 rings (SSSR count). The monoisotopic (exact) mass is 358 g/mol. The smallest absolute Gasteiger partial charge is 0.336 e. The van der Waals surface area contributed by atoms with Crippen LogP contribution in [0.4, 0.5) is 0 Å². The highest BCUT2D eigenvalue weighted by Gasteiger charge is 2.15. The maximum Gasteiger partial charge on any atom is 0.336 e. The normalized spacial score (nSPS) is 11.2. The topological polar surface area (TPSA) is 37.3 Å². The number of hydrogen-bond acceptors (Lipinski definition) is 1. The number of fused-ring (bicyclic) bond motifs is 3. The van der Waals surface area contributed by atoms with Crippen LogP contribution in [0, 0.1) is 0 Å². The van der Waals surface area contributed by atoms with E-state index in [4.69, 9.17) is 46.4 Å². The second-order valence-electron chi connectivity index (χ2n) is 4.53. The highest BCUT2D eigenvalue weighted by Crippen LogP contribution is 2.37. The highest BCUT2D eigenvalue weighted by atomic mass is 35.5. The standard InChI is InChI=1S/C15H6Cl4O2/c16-11-2-6-1-10(15(20)21)9-5-14(19)13(18)4-8(9)7(6)3-12(11)17/h1-5H,(H,20,21). The van der Waals surface area contributed by atoms with Crippen LogP contribution in [0.25, 0.3) is 21.5 Å². The number of halogens is 4. The van der Waals surface area contributed by atoms with Crippen LogP contribution in [0.3, 0.4) is 0 Å². The molecule has 1 N–H and O–H groups in total. The van der Waals surface area contributed by atoms with Crippen molar-refractivity contribution in [1.29, 1.82) is 0 Å². The molecule has 0 aromatic heterocycles. The van der Waals surface area contributed by atoms with Gasteiger partial charge in [0.25, 0.3) is 0 Å². The summed E-state index contributed by atoms with van der Waals surface area (Å²) >= 11 is 24.1. The fourth-order valence-corrected chi connectivity index (χ4v) is 2.98. The molecular weight excluding hydrogens is 354 g/mol. The molecule has 0 spiro atoms. The van der Waals surface area contributed by atoms with Gasteiger partial charge < -0.3 is 5.11 Å². The van der Waals surface area contributed by atoms with Crippen molar-refractivity contribution in [2.45, 2.75) is 0 Å². The van der Waals surface area contributed by atoms with E-state index in [-0.39, 0.29) is 5.56 Å². The molecule has 0 amide bonds. The number of benzene rings is 3. The van der Waals surface area contributed by atoms with Gasteiger partial charge in [-0.15, -0.1) is 0 Å². The summed E-state index contributed by atoms with van der Waals surface area (Å²) in [4.78, 5) is 11.5. The number of hydrogen-bond donors (Lipinski definition) is 1. The molecule has 2 nitrogen and oxygen atoms in total. The van der Waals surface area contributed by atoms with Crippen LogP contribution in [0.5, 0.6) is 0 Å². The van der Waals surface area contributed by atoms with Crippen LogP contribution in [0.2, 0.25) is 20.1 Å². The fraction of sp³-hybridized carbons (Fsp3) is 0. The predicted molar refractivity (Wildman–Crippen MR) is 88.5 cm³/mol. The first-order valence-corrected chi connectivity index (χ1v) is 7.33. The molecule has 0 atom stereocenters. The largest absolute Gasteiger partial charge is 0.478 e.